The molecule has 1 N–H and O–H groups in total. The van der Waals surface area contributed by atoms with Crippen molar-refractivity contribution in [3.63, 3.8) is 0 Å². The van der Waals surface area contributed by atoms with Crippen LogP contribution in [0.1, 0.15) is 69.5 Å². The Labute approximate surface area is 228 Å². The average Bonchev–Trinajstić information content (AvgIpc) is 2.93. The number of nitrogens with one attached hydrogen (secondary N) is 1. The lowest BCUT2D eigenvalue weighted by Gasteiger charge is -2.37. The van der Waals surface area contributed by atoms with Crippen LogP contribution in [0.2, 0.25) is 0 Å². The molecule has 2 saturated heterocycles. The molecule has 2 aliphatic rings. The van der Waals surface area contributed by atoms with E-state index in [1.165, 1.54) is 43.4 Å². The first-order valence-electron chi connectivity index (χ1n) is 14.7. The van der Waals surface area contributed by atoms with Gasteiger partial charge in [-0.2, -0.15) is 0 Å². The summed E-state index contributed by atoms with van der Waals surface area (Å²) in [5.41, 5.74) is 3.32. The highest BCUT2D eigenvalue weighted by atomic mass is 16.2. The molecular formula is C30H46N6O2. The van der Waals surface area contributed by atoms with Crippen LogP contribution in [0.5, 0.6) is 0 Å². The minimum absolute atomic E-state index is 0.110. The number of carbonyl (C=O) groups excluding carboxylic acids is 1. The van der Waals surface area contributed by atoms with Gasteiger partial charge in [-0.1, -0.05) is 63.6 Å². The lowest BCUT2D eigenvalue weighted by atomic mass is 10.1. The van der Waals surface area contributed by atoms with Crippen molar-refractivity contribution < 1.29 is 4.79 Å². The van der Waals surface area contributed by atoms with E-state index in [2.05, 4.69) is 57.8 Å². The summed E-state index contributed by atoms with van der Waals surface area (Å²) >= 11 is 0. The SMILES string of the molecule is CCCCCCCCCC(=O)N1CCN(c2nc(CN3CCN(c4ccccc4C)CC3)cc(=O)[nH]2)CC1. The molecular weight excluding hydrogens is 476 g/mol. The van der Waals surface area contributed by atoms with Crippen LogP contribution in [-0.2, 0) is 11.3 Å². The van der Waals surface area contributed by atoms with Crippen LogP contribution in [0.3, 0.4) is 0 Å². The maximum absolute atomic E-state index is 12.7. The third kappa shape index (κ3) is 8.06. The number of benzene rings is 1. The number of anilines is 2. The van der Waals surface area contributed by atoms with E-state index >= 15 is 0 Å². The number of unbranched alkanes of at least 4 members (excludes halogenated alkanes) is 6. The van der Waals surface area contributed by atoms with Crippen molar-refractivity contribution >= 4 is 17.5 Å². The number of aromatic nitrogens is 2. The number of nitrogens with zero attached hydrogens (tertiary/aromatic N) is 5. The third-order valence-corrected chi connectivity index (χ3v) is 7.92. The fourth-order valence-electron chi connectivity index (χ4n) is 5.58. The highest BCUT2D eigenvalue weighted by Gasteiger charge is 2.23. The van der Waals surface area contributed by atoms with E-state index in [-0.39, 0.29) is 11.5 Å². The zero-order valence-corrected chi connectivity index (χ0v) is 23.5. The van der Waals surface area contributed by atoms with Crippen LogP contribution >= 0.6 is 0 Å². The predicted octanol–water partition coefficient (Wildman–Crippen LogP) is 4.19. The lowest BCUT2D eigenvalue weighted by molar-refractivity contribution is -0.131. The summed E-state index contributed by atoms with van der Waals surface area (Å²) in [6, 6.07) is 10.2. The molecule has 208 valence electrons. The predicted molar refractivity (Wildman–Crippen MR) is 155 cm³/mol. The Morgan fingerprint density at radius 3 is 2.24 bits per heavy atom. The van der Waals surface area contributed by atoms with Crippen molar-refractivity contribution in [1.29, 1.82) is 0 Å². The monoisotopic (exact) mass is 522 g/mol. The summed E-state index contributed by atoms with van der Waals surface area (Å²) in [5, 5.41) is 0. The van der Waals surface area contributed by atoms with E-state index < -0.39 is 0 Å². The van der Waals surface area contributed by atoms with Gasteiger partial charge in [-0.3, -0.25) is 19.5 Å². The van der Waals surface area contributed by atoms with Crippen LogP contribution in [0, 0.1) is 6.92 Å². The van der Waals surface area contributed by atoms with E-state index in [0.29, 0.717) is 45.1 Å². The van der Waals surface area contributed by atoms with Gasteiger partial charge in [0.2, 0.25) is 11.9 Å². The summed E-state index contributed by atoms with van der Waals surface area (Å²) < 4.78 is 0. The Morgan fingerprint density at radius 1 is 0.868 bits per heavy atom. The van der Waals surface area contributed by atoms with Crippen LogP contribution in [0.15, 0.2) is 35.1 Å². The largest absolute Gasteiger partial charge is 0.369 e. The second-order valence-electron chi connectivity index (χ2n) is 10.8. The first-order chi connectivity index (χ1) is 18.5. The number of aromatic amines is 1. The minimum Gasteiger partial charge on any atom is -0.369 e. The molecule has 3 heterocycles. The Hall–Kier alpha value is -2.87. The Bertz CT molecular complexity index is 1070. The standard InChI is InChI=1S/C30H46N6O2/c1-3-4-5-6-7-8-9-14-29(38)35-19-21-36(22-20-35)30-31-26(23-28(37)32-30)24-33-15-17-34(18-16-33)27-13-11-10-12-25(27)2/h10-13,23H,3-9,14-22,24H2,1-2H3,(H,31,32,37). The van der Waals surface area contributed by atoms with E-state index in [9.17, 15) is 9.59 Å². The number of aryl methyl sites for hydroxylation is 1. The molecule has 8 nitrogen and oxygen atoms in total. The first kappa shape index (κ1) is 28.1. The maximum Gasteiger partial charge on any atom is 0.252 e. The number of hydrogen-bond donors (Lipinski definition) is 1. The second-order valence-corrected chi connectivity index (χ2v) is 10.8. The van der Waals surface area contributed by atoms with Gasteiger partial charge in [0.1, 0.15) is 0 Å². The Balaban J connectivity index is 1.22. The van der Waals surface area contributed by atoms with Crippen LogP contribution in [0.25, 0.3) is 0 Å². The molecule has 0 spiro atoms. The molecule has 0 unspecified atom stereocenters. The number of amides is 1. The highest BCUT2D eigenvalue weighted by molar-refractivity contribution is 5.76. The van der Waals surface area contributed by atoms with Gasteiger partial charge in [0, 0.05) is 77.1 Å². The quantitative estimate of drug-likeness (QED) is 0.422. The molecule has 0 radical (unpaired) electrons. The Kier molecular flexibility index (Phi) is 10.6. The van der Waals surface area contributed by atoms with Gasteiger partial charge in [0.25, 0.3) is 5.56 Å². The summed E-state index contributed by atoms with van der Waals surface area (Å²) in [4.78, 5) is 41.8. The van der Waals surface area contributed by atoms with Crippen molar-refractivity contribution in [1.82, 2.24) is 19.8 Å². The van der Waals surface area contributed by atoms with Crippen LogP contribution in [-0.4, -0.2) is 78.0 Å². The molecule has 2 fully saturated rings. The molecule has 0 aliphatic carbocycles. The number of H-pyrrole nitrogens is 1. The topological polar surface area (TPSA) is 75.8 Å². The summed E-state index contributed by atoms with van der Waals surface area (Å²) in [5.74, 6) is 0.892. The highest BCUT2D eigenvalue weighted by Crippen LogP contribution is 2.21. The fraction of sp³-hybridized carbons (Fsp3) is 0.633. The number of hydrogen-bond acceptors (Lipinski definition) is 6. The van der Waals surface area contributed by atoms with Gasteiger partial charge in [-0.05, 0) is 25.0 Å². The molecule has 0 bridgehead atoms. The third-order valence-electron chi connectivity index (χ3n) is 7.92. The number of para-hydroxylation sites is 1. The van der Waals surface area contributed by atoms with E-state index in [1.54, 1.807) is 6.07 Å². The van der Waals surface area contributed by atoms with Gasteiger partial charge < -0.3 is 14.7 Å². The smallest absolute Gasteiger partial charge is 0.252 e. The fourth-order valence-corrected chi connectivity index (χ4v) is 5.58. The first-order valence-corrected chi connectivity index (χ1v) is 14.7. The molecule has 1 aromatic heterocycles. The lowest BCUT2D eigenvalue weighted by Crippen LogP contribution is -2.49. The molecule has 4 rings (SSSR count). The zero-order valence-electron chi connectivity index (χ0n) is 23.5. The van der Waals surface area contributed by atoms with Crippen molar-refractivity contribution in [3.05, 3.63) is 51.9 Å². The molecule has 2 aromatic rings. The van der Waals surface area contributed by atoms with Gasteiger partial charge in [0.15, 0.2) is 0 Å². The maximum atomic E-state index is 12.7. The normalized spacial score (nSPS) is 16.7. The van der Waals surface area contributed by atoms with Crippen LogP contribution < -0.4 is 15.4 Å². The van der Waals surface area contributed by atoms with Gasteiger partial charge in [-0.15, -0.1) is 0 Å². The molecule has 1 aromatic carbocycles. The van der Waals surface area contributed by atoms with Gasteiger partial charge in [-0.25, -0.2) is 4.98 Å². The van der Waals surface area contributed by atoms with Crippen molar-refractivity contribution in [2.75, 3.05) is 62.2 Å². The molecule has 38 heavy (non-hydrogen) atoms. The zero-order chi connectivity index (χ0) is 26.7. The molecule has 0 atom stereocenters. The summed E-state index contributed by atoms with van der Waals surface area (Å²) in [6.07, 6.45) is 9.20. The molecule has 2 aliphatic heterocycles. The van der Waals surface area contributed by atoms with Gasteiger partial charge in [0.05, 0.1) is 5.69 Å². The van der Waals surface area contributed by atoms with Crippen molar-refractivity contribution in [3.8, 4) is 0 Å². The summed E-state index contributed by atoms with van der Waals surface area (Å²) in [7, 11) is 0. The molecule has 0 saturated carbocycles. The van der Waals surface area contributed by atoms with Crippen LogP contribution in [0.4, 0.5) is 11.6 Å². The summed E-state index contributed by atoms with van der Waals surface area (Å²) in [6.45, 7) is 11.7. The number of carbonyl (C=O) groups is 1. The van der Waals surface area contributed by atoms with E-state index in [0.717, 1.165) is 44.7 Å². The minimum atomic E-state index is -0.110. The molecule has 8 heteroatoms. The molecule has 1 amide bonds. The average molecular weight is 523 g/mol. The van der Waals surface area contributed by atoms with Crippen molar-refractivity contribution in [2.45, 2.75) is 71.8 Å². The number of piperazine rings is 2. The Morgan fingerprint density at radius 2 is 1.53 bits per heavy atom. The van der Waals surface area contributed by atoms with Crippen molar-refractivity contribution in [2.24, 2.45) is 0 Å². The van der Waals surface area contributed by atoms with E-state index in [4.69, 9.17) is 4.98 Å². The van der Waals surface area contributed by atoms with Gasteiger partial charge >= 0.3 is 0 Å². The second kappa shape index (κ2) is 14.3. The van der Waals surface area contributed by atoms with E-state index in [1.807, 2.05) is 4.90 Å². The number of rotatable bonds is 12.